The van der Waals surface area contributed by atoms with E-state index >= 15 is 0 Å². The van der Waals surface area contributed by atoms with Crippen LogP contribution in [0.4, 0.5) is 0 Å². The van der Waals surface area contributed by atoms with E-state index < -0.39 is 0 Å². The highest BCUT2D eigenvalue weighted by Crippen LogP contribution is 2.19. The van der Waals surface area contributed by atoms with Crippen LogP contribution in [-0.4, -0.2) is 31.5 Å². The van der Waals surface area contributed by atoms with Gasteiger partial charge in [0.05, 0.1) is 19.8 Å². The number of hydrogen-bond donors (Lipinski definition) is 2. The van der Waals surface area contributed by atoms with Crippen LogP contribution < -0.4 is 10.1 Å². The Morgan fingerprint density at radius 3 is 2.50 bits per heavy atom. The van der Waals surface area contributed by atoms with E-state index in [-0.39, 0.29) is 6.61 Å². The fraction of sp³-hybridized carbons (Fsp3) is 0.333. The second-order valence-electron chi connectivity index (χ2n) is 4.89. The van der Waals surface area contributed by atoms with Crippen LogP contribution in [0.5, 0.6) is 5.75 Å². The molecule has 0 aliphatic rings. The van der Waals surface area contributed by atoms with Gasteiger partial charge in [-0.05, 0) is 11.6 Å². The highest BCUT2D eigenvalue weighted by atomic mass is 16.5. The second-order valence-corrected chi connectivity index (χ2v) is 4.89. The summed E-state index contributed by atoms with van der Waals surface area (Å²) in [5.41, 5.74) is 2.28. The molecule has 22 heavy (non-hydrogen) atoms. The number of rotatable bonds is 10. The lowest BCUT2D eigenvalue weighted by Crippen LogP contribution is -2.20. The summed E-state index contributed by atoms with van der Waals surface area (Å²) in [6.45, 7) is 3.08. The van der Waals surface area contributed by atoms with Crippen molar-refractivity contribution >= 4 is 0 Å². The molecular formula is C18H23NO3. The van der Waals surface area contributed by atoms with E-state index in [0.717, 1.165) is 30.0 Å². The van der Waals surface area contributed by atoms with Gasteiger partial charge in [0.25, 0.3) is 0 Å². The van der Waals surface area contributed by atoms with E-state index in [9.17, 15) is 0 Å². The largest absolute Gasteiger partial charge is 0.489 e. The van der Waals surface area contributed by atoms with Crippen LogP contribution >= 0.6 is 0 Å². The van der Waals surface area contributed by atoms with Gasteiger partial charge in [0, 0.05) is 18.7 Å². The number of aliphatic hydroxyl groups excluding tert-OH is 1. The molecule has 0 unspecified atom stereocenters. The zero-order valence-electron chi connectivity index (χ0n) is 12.7. The third-order valence-corrected chi connectivity index (χ3v) is 3.18. The van der Waals surface area contributed by atoms with E-state index in [1.807, 2.05) is 36.4 Å². The smallest absolute Gasteiger partial charge is 0.124 e. The summed E-state index contributed by atoms with van der Waals surface area (Å²) in [5.74, 6) is 0.898. The van der Waals surface area contributed by atoms with Crippen LogP contribution in [0.1, 0.15) is 11.1 Å². The Bertz CT molecular complexity index is 531. The quantitative estimate of drug-likeness (QED) is 0.662. The van der Waals surface area contributed by atoms with Crippen LogP contribution in [0.3, 0.4) is 0 Å². The van der Waals surface area contributed by atoms with Crippen LogP contribution in [0.2, 0.25) is 0 Å². The summed E-state index contributed by atoms with van der Waals surface area (Å²) in [4.78, 5) is 0. The number of aliphatic hydroxyl groups is 1. The Morgan fingerprint density at radius 1 is 0.909 bits per heavy atom. The molecule has 0 atom stereocenters. The molecule has 0 heterocycles. The number of ether oxygens (including phenoxy) is 2. The topological polar surface area (TPSA) is 50.7 Å². The summed E-state index contributed by atoms with van der Waals surface area (Å²) in [7, 11) is 0. The first kappa shape index (κ1) is 16.5. The van der Waals surface area contributed by atoms with Crippen molar-refractivity contribution in [2.75, 3.05) is 26.4 Å². The molecule has 4 nitrogen and oxygen atoms in total. The van der Waals surface area contributed by atoms with Crippen LogP contribution in [-0.2, 0) is 17.9 Å². The molecule has 118 valence electrons. The van der Waals surface area contributed by atoms with Crippen molar-refractivity contribution in [3.63, 3.8) is 0 Å². The monoisotopic (exact) mass is 301 g/mol. The lowest BCUT2D eigenvalue weighted by atomic mass is 10.2. The number of para-hydroxylation sites is 1. The molecule has 4 heteroatoms. The van der Waals surface area contributed by atoms with Gasteiger partial charge in [-0.2, -0.15) is 0 Å². The van der Waals surface area contributed by atoms with E-state index in [4.69, 9.17) is 14.6 Å². The molecule has 0 spiro atoms. The van der Waals surface area contributed by atoms with Gasteiger partial charge in [-0.25, -0.2) is 0 Å². The van der Waals surface area contributed by atoms with Gasteiger partial charge in [0.15, 0.2) is 0 Å². The minimum absolute atomic E-state index is 0.0656. The molecular weight excluding hydrogens is 278 g/mol. The van der Waals surface area contributed by atoms with Gasteiger partial charge >= 0.3 is 0 Å². The Hall–Kier alpha value is -1.88. The van der Waals surface area contributed by atoms with E-state index in [2.05, 4.69) is 23.5 Å². The standard InChI is InChI=1S/C18H23NO3/c20-11-13-21-12-10-19-14-17-8-4-5-9-18(17)22-15-16-6-2-1-3-7-16/h1-9,19-20H,10-15H2. The Balaban J connectivity index is 1.79. The summed E-state index contributed by atoms with van der Waals surface area (Å²) >= 11 is 0. The molecule has 2 aromatic rings. The van der Waals surface area contributed by atoms with Gasteiger partial charge in [-0.3, -0.25) is 0 Å². The molecule has 0 saturated carbocycles. The van der Waals surface area contributed by atoms with Crippen molar-refractivity contribution in [1.82, 2.24) is 5.32 Å². The van der Waals surface area contributed by atoms with E-state index in [1.54, 1.807) is 0 Å². The van der Waals surface area contributed by atoms with Crippen LogP contribution in [0.25, 0.3) is 0 Å². The third kappa shape index (κ3) is 5.85. The van der Waals surface area contributed by atoms with Gasteiger partial charge < -0.3 is 19.9 Å². The Morgan fingerprint density at radius 2 is 1.68 bits per heavy atom. The maximum absolute atomic E-state index is 8.63. The van der Waals surface area contributed by atoms with Crippen molar-refractivity contribution in [2.45, 2.75) is 13.2 Å². The molecule has 0 radical (unpaired) electrons. The fourth-order valence-electron chi connectivity index (χ4n) is 2.06. The fourth-order valence-corrected chi connectivity index (χ4v) is 2.06. The first-order valence-corrected chi connectivity index (χ1v) is 7.54. The van der Waals surface area contributed by atoms with Gasteiger partial charge in [0.1, 0.15) is 12.4 Å². The zero-order chi connectivity index (χ0) is 15.5. The maximum atomic E-state index is 8.63. The first-order chi connectivity index (χ1) is 10.9. The molecule has 2 rings (SSSR count). The van der Waals surface area contributed by atoms with Gasteiger partial charge in [-0.1, -0.05) is 48.5 Å². The summed E-state index contributed by atoms with van der Waals surface area (Å²) < 4.78 is 11.1. The van der Waals surface area contributed by atoms with Crippen molar-refractivity contribution in [1.29, 1.82) is 0 Å². The molecule has 0 amide bonds. The van der Waals surface area contributed by atoms with Crippen molar-refractivity contribution in [3.8, 4) is 5.75 Å². The highest BCUT2D eigenvalue weighted by molar-refractivity contribution is 5.33. The normalized spacial score (nSPS) is 10.6. The Kier molecular flexibility index (Phi) is 7.46. The second kappa shape index (κ2) is 9.95. The molecule has 0 bridgehead atoms. The molecule has 0 fully saturated rings. The first-order valence-electron chi connectivity index (χ1n) is 7.54. The molecule has 0 aliphatic carbocycles. The number of hydrogen-bond acceptors (Lipinski definition) is 4. The van der Waals surface area contributed by atoms with Crippen molar-refractivity contribution in [3.05, 3.63) is 65.7 Å². The SMILES string of the molecule is OCCOCCNCc1ccccc1OCc1ccccc1. The predicted molar refractivity (Wildman–Crippen MR) is 86.8 cm³/mol. The predicted octanol–water partition coefficient (Wildman–Crippen LogP) is 2.36. The van der Waals surface area contributed by atoms with Crippen molar-refractivity contribution in [2.24, 2.45) is 0 Å². The lowest BCUT2D eigenvalue weighted by molar-refractivity contribution is 0.0937. The van der Waals surface area contributed by atoms with Crippen molar-refractivity contribution < 1.29 is 14.6 Å². The van der Waals surface area contributed by atoms with Gasteiger partial charge in [0.2, 0.25) is 0 Å². The summed E-state index contributed by atoms with van der Waals surface area (Å²) in [6, 6.07) is 18.2. The average molecular weight is 301 g/mol. The Labute approximate surface area is 131 Å². The zero-order valence-corrected chi connectivity index (χ0v) is 12.7. The molecule has 2 aromatic carbocycles. The summed E-state index contributed by atoms with van der Waals surface area (Å²) in [5, 5.41) is 11.9. The molecule has 2 N–H and O–H groups in total. The van der Waals surface area contributed by atoms with E-state index in [0.29, 0.717) is 19.8 Å². The number of nitrogens with one attached hydrogen (secondary N) is 1. The number of benzene rings is 2. The molecule has 0 aliphatic heterocycles. The van der Waals surface area contributed by atoms with E-state index in [1.165, 1.54) is 0 Å². The minimum atomic E-state index is 0.0656. The van der Waals surface area contributed by atoms with Crippen LogP contribution in [0, 0.1) is 0 Å². The van der Waals surface area contributed by atoms with Crippen LogP contribution in [0.15, 0.2) is 54.6 Å². The van der Waals surface area contributed by atoms with Gasteiger partial charge in [-0.15, -0.1) is 0 Å². The molecule has 0 saturated heterocycles. The third-order valence-electron chi connectivity index (χ3n) is 3.18. The molecule has 0 aromatic heterocycles. The highest BCUT2D eigenvalue weighted by Gasteiger charge is 2.03. The minimum Gasteiger partial charge on any atom is -0.489 e. The summed E-state index contributed by atoms with van der Waals surface area (Å²) in [6.07, 6.45) is 0. The maximum Gasteiger partial charge on any atom is 0.124 e. The lowest BCUT2D eigenvalue weighted by Gasteiger charge is -2.12. The average Bonchev–Trinajstić information content (AvgIpc) is 2.58.